The van der Waals surface area contributed by atoms with Crippen LogP contribution in [-0.4, -0.2) is 52.1 Å². The van der Waals surface area contributed by atoms with Crippen molar-refractivity contribution in [3.63, 3.8) is 0 Å². The molecule has 0 aromatic rings. The Morgan fingerprint density at radius 3 is 2.47 bits per heavy atom. The van der Waals surface area contributed by atoms with Gasteiger partial charge in [-0.1, -0.05) is 0 Å². The van der Waals surface area contributed by atoms with Crippen LogP contribution in [0.15, 0.2) is 0 Å². The third kappa shape index (κ3) is 10.8. The predicted molar refractivity (Wildman–Crippen MR) is 50.3 cm³/mol. The molecule has 0 spiro atoms. The van der Waals surface area contributed by atoms with Gasteiger partial charge >= 0.3 is 5.97 Å². The van der Waals surface area contributed by atoms with E-state index < -0.39 is 5.97 Å². The maximum absolute atomic E-state index is 10.8. The number of carbonyl (C=O) groups excluding carboxylic acids is 2. The molecule has 0 radical (unpaired) electrons. The number of rotatable bonds is 10. The number of carbonyl (C=O) groups is 2. The monoisotopic (exact) mass is 220 g/mol. The Bertz CT molecular complexity index is 170. The molecule has 0 saturated heterocycles. The minimum absolute atomic E-state index is 0.146. The number of ether oxygens (including phenoxy) is 4. The lowest BCUT2D eigenvalue weighted by molar-refractivity contribution is -0.154. The summed E-state index contributed by atoms with van der Waals surface area (Å²) in [5.41, 5.74) is 0. The van der Waals surface area contributed by atoms with E-state index in [1.165, 1.54) is 0 Å². The van der Waals surface area contributed by atoms with E-state index in [0.717, 1.165) is 0 Å². The predicted octanol–water partition coefficient (Wildman–Crippen LogP) is -0.244. The van der Waals surface area contributed by atoms with Gasteiger partial charge in [0.1, 0.15) is 6.61 Å². The average molecular weight is 220 g/mol. The van der Waals surface area contributed by atoms with Gasteiger partial charge in [0.25, 0.3) is 6.47 Å². The summed E-state index contributed by atoms with van der Waals surface area (Å²) in [5.74, 6) is -0.587. The standard InChI is InChI=1S/C9H16O6/c1-2-12-3-4-13-5-6-15-9(11)7-14-8-10/h8H,2-7H2,1H3. The molecule has 0 aromatic heterocycles. The van der Waals surface area contributed by atoms with E-state index in [1.54, 1.807) is 0 Å². The minimum Gasteiger partial charge on any atom is -0.461 e. The molecule has 0 amide bonds. The van der Waals surface area contributed by atoms with Gasteiger partial charge < -0.3 is 18.9 Å². The zero-order valence-electron chi connectivity index (χ0n) is 8.77. The second kappa shape index (κ2) is 10.9. The highest BCUT2D eigenvalue weighted by molar-refractivity contribution is 5.71. The summed E-state index contributed by atoms with van der Waals surface area (Å²) in [6, 6.07) is 0. The molecule has 0 bridgehead atoms. The first-order chi connectivity index (χ1) is 7.31. The largest absolute Gasteiger partial charge is 0.461 e. The summed E-state index contributed by atoms with van der Waals surface area (Å²) < 4.78 is 19.0. The molecule has 0 aliphatic carbocycles. The normalized spacial score (nSPS) is 9.67. The first-order valence-electron chi connectivity index (χ1n) is 4.67. The van der Waals surface area contributed by atoms with Crippen LogP contribution in [0.5, 0.6) is 0 Å². The van der Waals surface area contributed by atoms with Crippen molar-refractivity contribution >= 4 is 12.4 Å². The van der Waals surface area contributed by atoms with Crippen molar-refractivity contribution in [3.05, 3.63) is 0 Å². The molecule has 88 valence electrons. The van der Waals surface area contributed by atoms with Crippen molar-refractivity contribution in [1.82, 2.24) is 0 Å². The molecule has 0 unspecified atom stereocenters. The van der Waals surface area contributed by atoms with Crippen molar-refractivity contribution in [2.45, 2.75) is 6.92 Å². The summed E-state index contributed by atoms with van der Waals surface area (Å²) in [4.78, 5) is 20.5. The molecule has 6 nitrogen and oxygen atoms in total. The first kappa shape index (κ1) is 13.9. The van der Waals surface area contributed by atoms with Crippen LogP contribution in [0.2, 0.25) is 0 Å². The van der Waals surface area contributed by atoms with E-state index in [0.29, 0.717) is 26.4 Å². The Hall–Kier alpha value is -1.14. The lowest BCUT2D eigenvalue weighted by Crippen LogP contribution is -2.16. The summed E-state index contributed by atoms with van der Waals surface area (Å²) in [6.45, 7) is 3.83. The van der Waals surface area contributed by atoms with Gasteiger partial charge in [-0.2, -0.15) is 0 Å². The molecular formula is C9H16O6. The number of esters is 1. The van der Waals surface area contributed by atoms with Crippen LogP contribution in [0, 0.1) is 0 Å². The van der Waals surface area contributed by atoms with E-state index in [4.69, 9.17) is 9.47 Å². The van der Waals surface area contributed by atoms with Crippen LogP contribution in [0.1, 0.15) is 6.92 Å². The summed E-state index contributed by atoms with van der Waals surface area (Å²) in [6.07, 6.45) is 0. The molecule has 0 aromatic carbocycles. The topological polar surface area (TPSA) is 71.1 Å². The Morgan fingerprint density at radius 1 is 1.13 bits per heavy atom. The van der Waals surface area contributed by atoms with Gasteiger partial charge in [-0.15, -0.1) is 0 Å². The van der Waals surface area contributed by atoms with Crippen LogP contribution in [0.4, 0.5) is 0 Å². The number of hydrogen-bond acceptors (Lipinski definition) is 6. The van der Waals surface area contributed by atoms with Crippen molar-refractivity contribution in [1.29, 1.82) is 0 Å². The van der Waals surface area contributed by atoms with E-state index in [-0.39, 0.29) is 19.7 Å². The molecule has 0 aliphatic heterocycles. The zero-order chi connectivity index (χ0) is 11.4. The fourth-order valence-corrected chi connectivity index (χ4v) is 0.722. The maximum Gasteiger partial charge on any atom is 0.344 e. The Morgan fingerprint density at radius 2 is 1.80 bits per heavy atom. The molecule has 0 rings (SSSR count). The summed E-state index contributed by atoms with van der Waals surface area (Å²) in [7, 11) is 0. The van der Waals surface area contributed by atoms with Gasteiger partial charge in [0.2, 0.25) is 0 Å². The quantitative estimate of drug-likeness (QED) is 0.287. The molecular weight excluding hydrogens is 204 g/mol. The number of hydrogen-bond donors (Lipinski definition) is 0. The van der Waals surface area contributed by atoms with Crippen LogP contribution in [0.25, 0.3) is 0 Å². The Balaban J connectivity index is 3.09. The molecule has 0 aliphatic rings. The lowest BCUT2D eigenvalue weighted by Gasteiger charge is -2.05. The summed E-state index contributed by atoms with van der Waals surface area (Å²) in [5, 5.41) is 0. The van der Waals surface area contributed by atoms with Gasteiger partial charge in [-0.25, -0.2) is 4.79 Å². The molecule has 0 saturated carbocycles. The van der Waals surface area contributed by atoms with Crippen molar-refractivity contribution in [2.75, 3.05) is 39.6 Å². The van der Waals surface area contributed by atoms with Crippen molar-refractivity contribution in [2.24, 2.45) is 0 Å². The smallest absolute Gasteiger partial charge is 0.344 e. The molecule has 0 fully saturated rings. The van der Waals surface area contributed by atoms with Gasteiger partial charge in [-0.05, 0) is 6.92 Å². The Kier molecular flexibility index (Phi) is 10.1. The van der Waals surface area contributed by atoms with Crippen LogP contribution < -0.4 is 0 Å². The zero-order valence-corrected chi connectivity index (χ0v) is 8.77. The third-order valence-corrected chi connectivity index (χ3v) is 1.34. The molecule has 0 N–H and O–H groups in total. The molecule has 0 heterocycles. The van der Waals surface area contributed by atoms with E-state index in [9.17, 15) is 9.59 Å². The van der Waals surface area contributed by atoms with E-state index in [1.807, 2.05) is 6.92 Å². The highest BCUT2D eigenvalue weighted by Crippen LogP contribution is 1.83. The van der Waals surface area contributed by atoms with E-state index in [2.05, 4.69) is 9.47 Å². The average Bonchev–Trinajstić information content (AvgIpc) is 2.25. The van der Waals surface area contributed by atoms with Crippen molar-refractivity contribution in [3.8, 4) is 0 Å². The van der Waals surface area contributed by atoms with Gasteiger partial charge in [-0.3, -0.25) is 4.79 Å². The molecule has 0 atom stereocenters. The lowest BCUT2D eigenvalue weighted by atomic mass is 10.7. The van der Waals surface area contributed by atoms with Crippen molar-refractivity contribution < 1.29 is 28.5 Å². The molecule has 6 heteroatoms. The highest BCUT2D eigenvalue weighted by atomic mass is 16.6. The highest BCUT2D eigenvalue weighted by Gasteiger charge is 2.01. The maximum atomic E-state index is 10.8. The van der Waals surface area contributed by atoms with Crippen LogP contribution >= 0.6 is 0 Å². The second-order valence-corrected chi connectivity index (χ2v) is 2.44. The van der Waals surface area contributed by atoms with Gasteiger partial charge in [0.05, 0.1) is 19.8 Å². The second-order valence-electron chi connectivity index (χ2n) is 2.44. The SMILES string of the molecule is CCOCCOCCOC(=O)COC=O. The Labute approximate surface area is 88.4 Å². The third-order valence-electron chi connectivity index (χ3n) is 1.34. The molecule has 15 heavy (non-hydrogen) atoms. The fraction of sp³-hybridized carbons (Fsp3) is 0.778. The van der Waals surface area contributed by atoms with Gasteiger partial charge in [0, 0.05) is 6.61 Å². The fourth-order valence-electron chi connectivity index (χ4n) is 0.722. The van der Waals surface area contributed by atoms with Gasteiger partial charge in [0.15, 0.2) is 6.61 Å². The van der Waals surface area contributed by atoms with Crippen LogP contribution in [0.3, 0.4) is 0 Å². The first-order valence-corrected chi connectivity index (χ1v) is 4.67. The van der Waals surface area contributed by atoms with Crippen LogP contribution in [-0.2, 0) is 28.5 Å². The van der Waals surface area contributed by atoms with E-state index >= 15 is 0 Å². The summed E-state index contributed by atoms with van der Waals surface area (Å²) >= 11 is 0. The minimum atomic E-state index is -0.587.